The summed E-state index contributed by atoms with van der Waals surface area (Å²) in [7, 11) is -0.870. The van der Waals surface area contributed by atoms with Gasteiger partial charge in [-0.05, 0) is 32.4 Å². The van der Waals surface area contributed by atoms with Gasteiger partial charge >= 0.3 is 0 Å². The number of ketones is 2. The lowest BCUT2D eigenvalue weighted by Gasteiger charge is -2.19. The largest absolute Gasteiger partial charge is 0.489 e. The molecule has 0 radical (unpaired) electrons. The lowest BCUT2D eigenvalue weighted by molar-refractivity contribution is -0.121. The molecular weight excluding hydrogens is 368 g/mol. The molecule has 0 saturated carbocycles. The van der Waals surface area contributed by atoms with E-state index in [1.165, 1.54) is 14.2 Å². The lowest BCUT2D eigenvalue weighted by atomic mass is 9.90. The van der Waals surface area contributed by atoms with Crippen molar-refractivity contribution in [3.05, 3.63) is 64.6 Å². The fourth-order valence-electron chi connectivity index (χ4n) is 2.78. The number of allylic oxidation sites excluding steroid dienone is 3. The summed E-state index contributed by atoms with van der Waals surface area (Å²) in [5, 5.41) is 0. The molecule has 7 heteroatoms. The standard InChI is InChI=1S/C20H22O6S/c1-13(12-27(23,24)15-8-6-5-7-9-15)10-11-16-14(2)17(21)19(25-3)20(26-4)18(16)22/h5-10H,11-12H2,1-4H3/b13-10+. The molecule has 144 valence electrons. The third-order valence-electron chi connectivity index (χ3n) is 4.27. The van der Waals surface area contributed by atoms with Gasteiger partial charge in [0.25, 0.3) is 0 Å². The van der Waals surface area contributed by atoms with Crippen LogP contribution in [0.2, 0.25) is 0 Å². The molecule has 1 aromatic carbocycles. The Morgan fingerprint density at radius 3 is 2.11 bits per heavy atom. The Hall–Kier alpha value is -2.67. The van der Waals surface area contributed by atoms with Gasteiger partial charge in [0.2, 0.25) is 23.1 Å². The van der Waals surface area contributed by atoms with Gasteiger partial charge in [0.1, 0.15) is 0 Å². The second-order valence-electron chi connectivity index (χ2n) is 6.16. The Morgan fingerprint density at radius 1 is 1.00 bits per heavy atom. The summed E-state index contributed by atoms with van der Waals surface area (Å²) in [6.45, 7) is 3.23. The van der Waals surface area contributed by atoms with Crippen molar-refractivity contribution in [2.24, 2.45) is 0 Å². The van der Waals surface area contributed by atoms with E-state index >= 15 is 0 Å². The maximum absolute atomic E-state index is 12.6. The van der Waals surface area contributed by atoms with Crippen molar-refractivity contribution in [1.29, 1.82) is 0 Å². The molecule has 0 N–H and O–H groups in total. The average Bonchev–Trinajstić information content (AvgIpc) is 2.64. The summed E-state index contributed by atoms with van der Waals surface area (Å²) >= 11 is 0. The predicted molar refractivity (Wildman–Crippen MR) is 101 cm³/mol. The molecule has 27 heavy (non-hydrogen) atoms. The van der Waals surface area contributed by atoms with Gasteiger partial charge in [-0.15, -0.1) is 0 Å². The zero-order valence-corrected chi connectivity index (χ0v) is 16.6. The number of carbonyl (C=O) groups excluding carboxylic acids is 2. The first-order valence-corrected chi connectivity index (χ1v) is 9.93. The van der Waals surface area contributed by atoms with Crippen LogP contribution in [0.25, 0.3) is 0 Å². The van der Waals surface area contributed by atoms with Crippen molar-refractivity contribution < 1.29 is 27.5 Å². The minimum atomic E-state index is -3.47. The van der Waals surface area contributed by atoms with Crippen LogP contribution in [-0.2, 0) is 28.9 Å². The number of sulfone groups is 1. The molecule has 6 nitrogen and oxygen atoms in total. The Kier molecular flexibility index (Phi) is 6.38. The summed E-state index contributed by atoms with van der Waals surface area (Å²) in [6.07, 6.45) is 1.78. The summed E-state index contributed by atoms with van der Waals surface area (Å²) in [6, 6.07) is 8.16. The number of Topliss-reactive ketones (excluding diaryl/α,β-unsaturated/α-hetero) is 2. The van der Waals surface area contributed by atoms with Crippen LogP contribution in [0.4, 0.5) is 0 Å². The first-order valence-electron chi connectivity index (χ1n) is 8.27. The number of benzene rings is 1. The molecular formula is C20H22O6S. The van der Waals surface area contributed by atoms with E-state index in [0.717, 1.165) is 0 Å². The van der Waals surface area contributed by atoms with E-state index in [1.54, 1.807) is 50.3 Å². The van der Waals surface area contributed by atoms with Crippen molar-refractivity contribution in [2.45, 2.75) is 25.2 Å². The van der Waals surface area contributed by atoms with Crippen LogP contribution < -0.4 is 0 Å². The Bertz CT molecular complexity index is 949. The van der Waals surface area contributed by atoms with Gasteiger partial charge in [-0.3, -0.25) is 9.59 Å². The smallest absolute Gasteiger partial charge is 0.228 e. The van der Waals surface area contributed by atoms with Crippen molar-refractivity contribution in [1.82, 2.24) is 0 Å². The van der Waals surface area contributed by atoms with Crippen molar-refractivity contribution >= 4 is 21.4 Å². The highest BCUT2D eigenvalue weighted by Gasteiger charge is 2.34. The highest BCUT2D eigenvalue weighted by Crippen LogP contribution is 2.28. The zero-order valence-electron chi connectivity index (χ0n) is 15.7. The number of carbonyl (C=O) groups is 2. The molecule has 1 aliphatic rings. The van der Waals surface area contributed by atoms with Crippen LogP contribution in [0.5, 0.6) is 0 Å². The molecule has 0 unspecified atom stereocenters. The number of rotatable bonds is 7. The van der Waals surface area contributed by atoms with Gasteiger partial charge in [0.05, 0.1) is 24.9 Å². The van der Waals surface area contributed by atoms with Gasteiger partial charge in [0, 0.05) is 11.1 Å². The number of methoxy groups -OCH3 is 2. The van der Waals surface area contributed by atoms with E-state index in [2.05, 4.69) is 0 Å². The Labute approximate surface area is 159 Å². The quantitative estimate of drug-likeness (QED) is 0.526. The van der Waals surface area contributed by atoms with Gasteiger partial charge in [-0.2, -0.15) is 0 Å². The molecule has 1 aromatic rings. The molecule has 2 rings (SSSR count). The third kappa shape index (κ3) is 4.36. The average molecular weight is 390 g/mol. The molecule has 0 aromatic heterocycles. The SMILES string of the molecule is COC1=C(OC)C(=O)C(C/C=C(\C)CS(=O)(=O)c2ccccc2)=C(C)C1=O. The maximum atomic E-state index is 12.6. The Balaban J connectivity index is 2.23. The monoisotopic (exact) mass is 390 g/mol. The second kappa shape index (κ2) is 8.35. The van der Waals surface area contributed by atoms with Gasteiger partial charge in [0.15, 0.2) is 9.84 Å². The third-order valence-corrected chi connectivity index (χ3v) is 6.09. The molecule has 0 heterocycles. The van der Waals surface area contributed by atoms with Crippen molar-refractivity contribution in [3.8, 4) is 0 Å². The van der Waals surface area contributed by atoms with E-state index in [4.69, 9.17) is 9.47 Å². The van der Waals surface area contributed by atoms with E-state index in [0.29, 0.717) is 5.57 Å². The molecule has 0 bridgehead atoms. The summed E-state index contributed by atoms with van der Waals surface area (Å²) in [4.78, 5) is 25.2. The highest BCUT2D eigenvalue weighted by molar-refractivity contribution is 7.91. The lowest BCUT2D eigenvalue weighted by Crippen LogP contribution is -2.24. The topological polar surface area (TPSA) is 86.7 Å². The van der Waals surface area contributed by atoms with E-state index in [-0.39, 0.29) is 39.7 Å². The van der Waals surface area contributed by atoms with Crippen LogP contribution in [0.1, 0.15) is 20.3 Å². The van der Waals surface area contributed by atoms with Gasteiger partial charge in [-0.25, -0.2) is 8.42 Å². The van der Waals surface area contributed by atoms with Crippen LogP contribution >= 0.6 is 0 Å². The molecule has 1 aliphatic carbocycles. The minimum absolute atomic E-state index is 0.115. The molecule has 0 atom stereocenters. The van der Waals surface area contributed by atoms with Crippen LogP contribution in [0.3, 0.4) is 0 Å². The minimum Gasteiger partial charge on any atom is -0.489 e. The first kappa shape index (κ1) is 20.6. The molecule has 0 amide bonds. The molecule has 0 saturated heterocycles. The normalized spacial score (nSPS) is 16.1. The van der Waals surface area contributed by atoms with Crippen LogP contribution in [0, 0.1) is 0 Å². The zero-order chi connectivity index (χ0) is 20.2. The van der Waals surface area contributed by atoms with Crippen LogP contribution in [-0.4, -0.2) is 40.0 Å². The fraction of sp³-hybridized carbons (Fsp3) is 0.300. The van der Waals surface area contributed by atoms with E-state index in [9.17, 15) is 18.0 Å². The Morgan fingerprint density at radius 2 is 1.56 bits per heavy atom. The summed E-state index contributed by atoms with van der Waals surface area (Å²) in [5.74, 6) is -1.25. The number of ether oxygens (including phenoxy) is 2. The fourth-order valence-corrected chi connectivity index (χ4v) is 4.24. The molecule has 0 aliphatic heterocycles. The number of hydrogen-bond acceptors (Lipinski definition) is 6. The maximum Gasteiger partial charge on any atom is 0.228 e. The summed E-state index contributed by atoms with van der Waals surface area (Å²) in [5.41, 5.74) is 1.13. The molecule has 0 fully saturated rings. The first-order chi connectivity index (χ1) is 12.7. The van der Waals surface area contributed by atoms with Crippen molar-refractivity contribution in [2.75, 3.05) is 20.0 Å². The van der Waals surface area contributed by atoms with E-state index < -0.39 is 21.4 Å². The number of hydrogen-bond donors (Lipinski definition) is 0. The van der Waals surface area contributed by atoms with Gasteiger partial charge < -0.3 is 9.47 Å². The van der Waals surface area contributed by atoms with Gasteiger partial charge in [-0.1, -0.05) is 29.8 Å². The van der Waals surface area contributed by atoms with Crippen LogP contribution in [0.15, 0.2) is 69.5 Å². The predicted octanol–water partition coefficient (Wildman–Crippen LogP) is 2.77. The summed E-state index contributed by atoms with van der Waals surface area (Å²) < 4.78 is 34.9. The molecule has 0 spiro atoms. The van der Waals surface area contributed by atoms with E-state index in [1.807, 2.05) is 0 Å². The second-order valence-corrected chi connectivity index (χ2v) is 8.14. The van der Waals surface area contributed by atoms with Crippen molar-refractivity contribution in [3.63, 3.8) is 0 Å². The highest BCUT2D eigenvalue weighted by atomic mass is 32.2.